The van der Waals surface area contributed by atoms with Crippen molar-refractivity contribution in [3.63, 3.8) is 0 Å². The minimum atomic E-state index is -0.597. The molecule has 0 aliphatic heterocycles. The van der Waals surface area contributed by atoms with Gasteiger partial charge in [-0.25, -0.2) is 9.18 Å². The molecule has 0 aliphatic carbocycles. The Bertz CT molecular complexity index is 485. The van der Waals surface area contributed by atoms with Gasteiger partial charge in [0.1, 0.15) is 5.82 Å². The number of benzene rings is 1. The first-order chi connectivity index (χ1) is 9.52. The van der Waals surface area contributed by atoms with E-state index in [-0.39, 0.29) is 5.75 Å². The molecule has 20 heavy (non-hydrogen) atoms. The SMILES string of the molecule is COCCNC(=O)NC(=O)CSc1cc(F)ccc1N. The lowest BCUT2D eigenvalue weighted by molar-refractivity contribution is -0.117. The second kappa shape index (κ2) is 8.39. The zero-order chi connectivity index (χ0) is 15.0. The van der Waals surface area contributed by atoms with E-state index in [2.05, 4.69) is 10.6 Å². The number of rotatable bonds is 6. The number of hydrogen-bond donors (Lipinski definition) is 3. The molecule has 110 valence electrons. The molecular formula is C12H16FN3O3S. The van der Waals surface area contributed by atoms with Gasteiger partial charge in [0, 0.05) is 24.2 Å². The number of anilines is 1. The molecule has 0 aromatic heterocycles. The van der Waals surface area contributed by atoms with Crippen LogP contribution in [0.2, 0.25) is 0 Å². The van der Waals surface area contributed by atoms with Crippen molar-refractivity contribution in [3.05, 3.63) is 24.0 Å². The molecule has 0 atom stereocenters. The summed E-state index contributed by atoms with van der Waals surface area (Å²) in [6, 6.07) is 3.31. The van der Waals surface area contributed by atoms with Gasteiger partial charge in [-0.05, 0) is 18.2 Å². The van der Waals surface area contributed by atoms with Crippen LogP contribution in [0.4, 0.5) is 14.9 Å². The predicted molar refractivity (Wildman–Crippen MR) is 75.0 cm³/mol. The van der Waals surface area contributed by atoms with E-state index < -0.39 is 17.8 Å². The molecule has 4 N–H and O–H groups in total. The topological polar surface area (TPSA) is 93.5 Å². The van der Waals surface area contributed by atoms with Gasteiger partial charge >= 0.3 is 6.03 Å². The molecule has 0 aliphatic rings. The Balaban J connectivity index is 2.36. The lowest BCUT2D eigenvalue weighted by Crippen LogP contribution is -2.41. The third kappa shape index (κ3) is 5.89. The summed E-state index contributed by atoms with van der Waals surface area (Å²) in [5.74, 6) is -0.960. The van der Waals surface area contributed by atoms with Crippen LogP contribution in [-0.4, -0.2) is 38.0 Å². The van der Waals surface area contributed by atoms with Gasteiger partial charge in [0.2, 0.25) is 5.91 Å². The molecule has 3 amide bonds. The fourth-order valence-corrected chi connectivity index (χ4v) is 2.04. The third-order valence-corrected chi connectivity index (χ3v) is 3.25. The fourth-order valence-electron chi connectivity index (χ4n) is 1.25. The fraction of sp³-hybridized carbons (Fsp3) is 0.333. The summed E-state index contributed by atoms with van der Waals surface area (Å²) in [5.41, 5.74) is 6.03. The van der Waals surface area contributed by atoms with Crippen molar-refractivity contribution < 1.29 is 18.7 Å². The Morgan fingerprint density at radius 2 is 2.20 bits per heavy atom. The van der Waals surface area contributed by atoms with Gasteiger partial charge in [-0.1, -0.05) is 0 Å². The predicted octanol–water partition coefficient (Wildman–Crippen LogP) is 0.972. The van der Waals surface area contributed by atoms with Gasteiger partial charge < -0.3 is 15.8 Å². The lowest BCUT2D eigenvalue weighted by Gasteiger charge is -2.07. The van der Waals surface area contributed by atoms with Crippen LogP contribution in [0.25, 0.3) is 0 Å². The second-order valence-corrected chi connectivity index (χ2v) is 4.78. The molecule has 1 aromatic rings. The lowest BCUT2D eigenvalue weighted by atomic mass is 10.3. The molecule has 8 heteroatoms. The first-order valence-electron chi connectivity index (χ1n) is 5.77. The number of carbonyl (C=O) groups excluding carboxylic acids is 2. The zero-order valence-electron chi connectivity index (χ0n) is 10.9. The second-order valence-electron chi connectivity index (χ2n) is 3.77. The Morgan fingerprint density at radius 1 is 1.45 bits per heavy atom. The summed E-state index contributed by atoms with van der Waals surface area (Å²) >= 11 is 1.06. The summed E-state index contributed by atoms with van der Waals surface area (Å²) in [5, 5.41) is 4.59. The van der Waals surface area contributed by atoms with Crippen LogP contribution < -0.4 is 16.4 Å². The van der Waals surface area contributed by atoms with Crippen molar-refractivity contribution >= 4 is 29.4 Å². The van der Waals surface area contributed by atoms with Gasteiger partial charge in [0.25, 0.3) is 0 Å². The van der Waals surface area contributed by atoms with Gasteiger partial charge in [-0.2, -0.15) is 0 Å². The van der Waals surface area contributed by atoms with E-state index in [4.69, 9.17) is 10.5 Å². The zero-order valence-corrected chi connectivity index (χ0v) is 11.8. The molecular weight excluding hydrogens is 285 g/mol. The van der Waals surface area contributed by atoms with E-state index in [0.717, 1.165) is 11.8 Å². The number of carbonyl (C=O) groups is 2. The number of thioether (sulfide) groups is 1. The van der Waals surface area contributed by atoms with E-state index in [1.54, 1.807) is 0 Å². The van der Waals surface area contributed by atoms with Crippen molar-refractivity contribution in [2.45, 2.75) is 4.90 Å². The van der Waals surface area contributed by atoms with Crippen LogP contribution in [0.3, 0.4) is 0 Å². The van der Waals surface area contributed by atoms with Crippen LogP contribution in [0, 0.1) is 5.82 Å². The number of ether oxygens (including phenoxy) is 1. The summed E-state index contributed by atoms with van der Waals surface area (Å²) in [4.78, 5) is 23.2. The highest BCUT2D eigenvalue weighted by molar-refractivity contribution is 8.00. The van der Waals surface area contributed by atoms with Gasteiger partial charge in [0.15, 0.2) is 0 Å². The summed E-state index contributed by atoms with van der Waals surface area (Å²) < 4.78 is 17.8. The highest BCUT2D eigenvalue weighted by atomic mass is 32.2. The highest BCUT2D eigenvalue weighted by Gasteiger charge is 2.09. The molecule has 1 aromatic carbocycles. The van der Waals surface area contributed by atoms with Crippen molar-refractivity contribution in [2.24, 2.45) is 0 Å². The number of hydrogen-bond acceptors (Lipinski definition) is 5. The number of nitrogens with one attached hydrogen (secondary N) is 2. The minimum Gasteiger partial charge on any atom is -0.398 e. The maximum absolute atomic E-state index is 13.0. The molecule has 0 bridgehead atoms. The number of nitrogen functional groups attached to an aromatic ring is 1. The smallest absolute Gasteiger partial charge is 0.321 e. The van der Waals surface area contributed by atoms with Gasteiger partial charge in [-0.3, -0.25) is 10.1 Å². The van der Waals surface area contributed by atoms with E-state index in [1.807, 2.05) is 0 Å². The number of urea groups is 1. The van der Waals surface area contributed by atoms with Crippen molar-refractivity contribution in [2.75, 3.05) is 31.7 Å². The van der Waals surface area contributed by atoms with E-state index in [1.165, 1.54) is 25.3 Å². The molecule has 6 nitrogen and oxygen atoms in total. The van der Waals surface area contributed by atoms with Crippen LogP contribution >= 0.6 is 11.8 Å². The molecule has 0 heterocycles. The Kier molecular flexibility index (Phi) is 6.82. The normalized spacial score (nSPS) is 10.1. The minimum absolute atomic E-state index is 0.0364. The highest BCUT2D eigenvalue weighted by Crippen LogP contribution is 2.25. The molecule has 0 saturated carbocycles. The summed E-state index contributed by atoms with van der Waals surface area (Å²) in [6.45, 7) is 0.662. The largest absolute Gasteiger partial charge is 0.398 e. The average molecular weight is 301 g/mol. The number of amides is 3. The van der Waals surface area contributed by atoms with Crippen molar-refractivity contribution in [3.8, 4) is 0 Å². The number of halogens is 1. The Labute approximate surface area is 120 Å². The molecule has 0 spiro atoms. The first-order valence-corrected chi connectivity index (χ1v) is 6.76. The van der Waals surface area contributed by atoms with Crippen LogP contribution in [0.15, 0.2) is 23.1 Å². The van der Waals surface area contributed by atoms with Crippen LogP contribution in [0.5, 0.6) is 0 Å². The average Bonchev–Trinajstić information content (AvgIpc) is 2.40. The van der Waals surface area contributed by atoms with Crippen LogP contribution in [-0.2, 0) is 9.53 Å². The number of methoxy groups -OCH3 is 1. The van der Waals surface area contributed by atoms with Gasteiger partial charge in [0.05, 0.1) is 12.4 Å². The molecule has 0 fully saturated rings. The Morgan fingerprint density at radius 3 is 2.90 bits per heavy atom. The molecule has 0 saturated heterocycles. The third-order valence-electron chi connectivity index (χ3n) is 2.18. The summed E-state index contributed by atoms with van der Waals surface area (Å²) in [7, 11) is 1.50. The quantitative estimate of drug-likeness (QED) is 0.413. The van der Waals surface area contributed by atoms with Crippen LogP contribution in [0.1, 0.15) is 0 Å². The van der Waals surface area contributed by atoms with E-state index in [9.17, 15) is 14.0 Å². The monoisotopic (exact) mass is 301 g/mol. The maximum atomic E-state index is 13.0. The number of nitrogens with two attached hydrogens (primary N) is 1. The number of imide groups is 1. The maximum Gasteiger partial charge on any atom is 0.321 e. The first kappa shape index (κ1) is 16.3. The molecule has 0 radical (unpaired) electrons. The van der Waals surface area contributed by atoms with Crippen molar-refractivity contribution in [1.29, 1.82) is 0 Å². The summed E-state index contributed by atoms with van der Waals surface area (Å²) in [6.07, 6.45) is 0. The van der Waals surface area contributed by atoms with E-state index >= 15 is 0 Å². The van der Waals surface area contributed by atoms with Gasteiger partial charge in [-0.15, -0.1) is 11.8 Å². The van der Waals surface area contributed by atoms with E-state index in [0.29, 0.717) is 23.7 Å². The molecule has 1 rings (SSSR count). The Hall–Kier alpha value is -1.80. The molecule has 0 unspecified atom stereocenters. The van der Waals surface area contributed by atoms with Crippen molar-refractivity contribution in [1.82, 2.24) is 10.6 Å². The standard InChI is InChI=1S/C12H16FN3O3S/c1-19-5-4-15-12(18)16-11(17)7-20-10-6-8(13)2-3-9(10)14/h2-3,6H,4-5,7,14H2,1H3,(H2,15,16,17,18).